The molecule has 0 saturated carbocycles. The van der Waals surface area contributed by atoms with Crippen LogP contribution in [0.1, 0.15) is 72.6 Å². The van der Waals surface area contributed by atoms with Gasteiger partial charge in [-0.15, -0.1) is 0 Å². The van der Waals surface area contributed by atoms with Crippen molar-refractivity contribution in [3.8, 4) is 0 Å². The largest absolute Gasteiger partial charge is 0.273 e. The molecule has 0 rings (SSSR count). The first-order chi connectivity index (χ1) is 10.9. The Morgan fingerprint density at radius 1 is 0.739 bits per heavy atom. The molecule has 0 bridgehead atoms. The predicted molar refractivity (Wildman–Crippen MR) is 95.3 cm³/mol. The zero-order chi connectivity index (χ0) is 17.5. The molecule has 0 aromatic carbocycles. The second-order valence-electron chi connectivity index (χ2n) is 6.38. The molecule has 0 fully saturated rings. The van der Waals surface area contributed by atoms with E-state index in [1.807, 2.05) is 27.7 Å². The van der Waals surface area contributed by atoms with Crippen molar-refractivity contribution in [1.82, 2.24) is 10.9 Å². The molecule has 0 heterocycles. The van der Waals surface area contributed by atoms with Gasteiger partial charge in [0.25, 0.3) is 0 Å². The van der Waals surface area contributed by atoms with Crippen molar-refractivity contribution < 1.29 is 9.59 Å². The van der Waals surface area contributed by atoms with Gasteiger partial charge in [0, 0.05) is 25.3 Å². The number of hydrazone groups is 2. The second-order valence-corrected chi connectivity index (χ2v) is 6.38. The number of nitrogens with one attached hydrogen (secondary N) is 2. The molecular formula is C17H32N4O2. The minimum atomic E-state index is -0.0377. The summed E-state index contributed by atoms with van der Waals surface area (Å²) in [5, 5.41) is 7.75. The van der Waals surface area contributed by atoms with E-state index in [1.165, 1.54) is 0 Å². The maximum absolute atomic E-state index is 11.5. The third-order valence-electron chi connectivity index (χ3n) is 2.93. The van der Waals surface area contributed by atoms with E-state index in [-0.39, 0.29) is 11.8 Å². The van der Waals surface area contributed by atoms with Crippen LogP contribution < -0.4 is 10.9 Å². The summed E-state index contributed by atoms with van der Waals surface area (Å²) < 4.78 is 0. The van der Waals surface area contributed by atoms with Gasteiger partial charge in [0.15, 0.2) is 0 Å². The quantitative estimate of drug-likeness (QED) is 0.328. The minimum Gasteiger partial charge on any atom is -0.273 e. The van der Waals surface area contributed by atoms with E-state index in [0.717, 1.165) is 32.1 Å². The average molecular weight is 324 g/mol. The molecule has 6 nitrogen and oxygen atoms in total. The summed E-state index contributed by atoms with van der Waals surface area (Å²) >= 11 is 0. The van der Waals surface area contributed by atoms with Crippen molar-refractivity contribution >= 4 is 24.2 Å². The molecule has 0 unspecified atom stereocenters. The third kappa shape index (κ3) is 16.5. The summed E-state index contributed by atoms with van der Waals surface area (Å²) in [6, 6.07) is 0. The van der Waals surface area contributed by atoms with E-state index in [2.05, 4.69) is 21.1 Å². The summed E-state index contributed by atoms with van der Waals surface area (Å²) in [6.45, 7) is 8.03. The molecule has 2 amide bonds. The van der Waals surface area contributed by atoms with Crippen molar-refractivity contribution in [2.45, 2.75) is 72.6 Å². The maximum Gasteiger partial charge on any atom is 0.240 e. The number of rotatable bonds is 12. The lowest BCUT2D eigenvalue weighted by atomic mass is 10.1. The molecule has 0 saturated heterocycles. The predicted octanol–water partition coefficient (Wildman–Crippen LogP) is 3.23. The smallest absolute Gasteiger partial charge is 0.240 e. The number of amides is 2. The Labute approximate surface area is 140 Å². The van der Waals surface area contributed by atoms with Crippen molar-refractivity contribution in [2.24, 2.45) is 22.0 Å². The molecule has 0 aliphatic carbocycles. The van der Waals surface area contributed by atoms with Crippen LogP contribution in [0.4, 0.5) is 0 Å². The molecule has 2 N–H and O–H groups in total. The van der Waals surface area contributed by atoms with Gasteiger partial charge in [0.2, 0.25) is 11.8 Å². The molecule has 0 atom stereocenters. The van der Waals surface area contributed by atoms with E-state index in [4.69, 9.17) is 0 Å². The Morgan fingerprint density at radius 3 is 1.43 bits per heavy atom. The number of unbranched alkanes of at least 4 members (excludes halogenated alkanes) is 4. The van der Waals surface area contributed by atoms with Crippen molar-refractivity contribution in [2.75, 3.05) is 0 Å². The Balaban J connectivity index is 3.45. The number of nitrogens with zero attached hydrogens (tertiary/aromatic N) is 2. The average Bonchev–Trinajstić information content (AvgIpc) is 2.45. The minimum absolute atomic E-state index is 0.0377. The zero-order valence-corrected chi connectivity index (χ0v) is 15.0. The topological polar surface area (TPSA) is 82.9 Å². The van der Waals surface area contributed by atoms with Crippen LogP contribution in [-0.2, 0) is 9.59 Å². The van der Waals surface area contributed by atoms with E-state index in [0.29, 0.717) is 24.7 Å². The monoisotopic (exact) mass is 324 g/mol. The Hall–Kier alpha value is -1.72. The van der Waals surface area contributed by atoms with Gasteiger partial charge in [-0.25, -0.2) is 10.9 Å². The third-order valence-corrected chi connectivity index (χ3v) is 2.93. The van der Waals surface area contributed by atoms with Crippen LogP contribution >= 0.6 is 0 Å². The van der Waals surface area contributed by atoms with Crippen molar-refractivity contribution in [3.63, 3.8) is 0 Å². The highest BCUT2D eigenvalue weighted by atomic mass is 16.2. The second kappa shape index (κ2) is 13.9. The lowest BCUT2D eigenvalue weighted by Crippen LogP contribution is -2.17. The van der Waals surface area contributed by atoms with Gasteiger partial charge >= 0.3 is 0 Å². The Bertz CT molecular complexity index is 354. The molecule has 0 spiro atoms. The molecule has 6 heteroatoms. The van der Waals surface area contributed by atoms with E-state index < -0.39 is 0 Å². The fraction of sp³-hybridized carbons (Fsp3) is 0.765. The number of hydrogen-bond acceptors (Lipinski definition) is 4. The summed E-state index contributed by atoms with van der Waals surface area (Å²) in [4.78, 5) is 22.9. The van der Waals surface area contributed by atoms with Crippen LogP contribution in [-0.4, -0.2) is 24.2 Å². The van der Waals surface area contributed by atoms with Gasteiger partial charge in [0.05, 0.1) is 0 Å². The van der Waals surface area contributed by atoms with E-state index in [9.17, 15) is 9.59 Å². The molecule has 0 radical (unpaired) electrons. The zero-order valence-electron chi connectivity index (χ0n) is 15.0. The molecule has 0 aliphatic rings. The first-order valence-electron chi connectivity index (χ1n) is 8.56. The van der Waals surface area contributed by atoms with Gasteiger partial charge in [0.1, 0.15) is 0 Å². The number of carbonyl (C=O) groups excluding carboxylic acids is 2. The maximum atomic E-state index is 11.5. The summed E-state index contributed by atoms with van der Waals surface area (Å²) in [5.74, 6) is 0.598. The van der Waals surface area contributed by atoms with Gasteiger partial charge in [-0.05, 0) is 24.7 Å². The van der Waals surface area contributed by atoms with Crippen molar-refractivity contribution in [1.29, 1.82) is 0 Å². The van der Waals surface area contributed by atoms with E-state index >= 15 is 0 Å². The lowest BCUT2D eigenvalue weighted by Gasteiger charge is -2.02. The Kier molecular flexibility index (Phi) is 12.9. The SMILES string of the molecule is CC(C)C=NNC(=O)CCCCCCCC(=O)NN=CC(C)C. The lowest BCUT2D eigenvalue weighted by molar-refractivity contribution is -0.121. The molecule has 23 heavy (non-hydrogen) atoms. The van der Waals surface area contributed by atoms with Crippen LogP contribution in [0.3, 0.4) is 0 Å². The first-order valence-corrected chi connectivity index (χ1v) is 8.56. The van der Waals surface area contributed by atoms with Crippen molar-refractivity contribution in [3.05, 3.63) is 0 Å². The number of carbonyl (C=O) groups is 2. The highest BCUT2D eigenvalue weighted by molar-refractivity contribution is 5.77. The van der Waals surface area contributed by atoms with Crippen LogP contribution in [0.25, 0.3) is 0 Å². The standard InChI is InChI=1S/C17H32N4O2/c1-14(2)12-18-20-16(22)10-8-6-5-7-9-11-17(23)21-19-13-15(3)4/h12-15H,5-11H2,1-4H3,(H,20,22)(H,21,23). The highest BCUT2D eigenvalue weighted by Gasteiger charge is 2.01. The van der Waals surface area contributed by atoms with Gasteiger partial charge in [-0.2, -0.15) is 10.2 Å². The fourth-order valence-corrected chi connectivity index (χ4v) is 1.73. The summed E-state index contributed by atoms with van der Waals surface area (Å²) in [6.07, 6.45) is 9.16. The normalized spacial score (nSPS) is 11.7. The highest BCUT2D eigenvalue weighted by Crippen LogP contribution is 2.07. The van der Waals surface area contributed by atoms with Gasteiger partial charge in [-0.1, -0.05) is 47.0 Å². The summed E-state index contributed by atoms with van der Waals surface area (Å²) in [7, 11) is 0. The first kappa shape index (κ1) is 21.3. The van der Waals surface area contributed by atoms with Gasteiger partial charge < -0.3 is 0 Å². The summed E-state index contributed by atoms with van der Waals surface area (Å²) in [5.41, 5.74) is 5.05. The van der Waals surface area contributed by atoms with Crippen LogP contribution in [0, 0.1) is 11.8 Å². The van der Waals surface area contributed by atoms with E-state index in [1.54, 1.807) is 12.4 Å². The number of hydrogen-bond donors (Lipinski definition) is 2. The van der Waals surface area contributed by atoms with Crippen LogP contribution in [0.2, 0.25) is 0 Å². The molecule has 132 valence electrons. The molecule has 0 aromatic rings. The van der Waals surface area contributed by atoms with Gasteiger partial charge in [-0.3, -0.25) is 9.59 Å². The Morgan fingerprint density at radius 2 is 1.09 bits per heavy atom. The fourth-order valence-electron chi connectivity index (χ4n) is 1.73. The van der Waals surface area contributed by atoms with Crippen LogP contribution in [0.5, 0.6) is 0 Å². The molecule has 0 aliphatic heterocycles. The van der Waals surface area contributed by atoms with Crippen LogP contribution in [0.15, 0.2) is 10.2 Å². The molecular weight excluding hydrogens is 292 g/mol. The molecule has 0 aromatic heterocycles.